The molecular formula is C9H6Cl2N4O2S. The van der Waals surface area contributed by atoms with Crippen LogP contribution < -0.4 is 4.72 Å². The molecule has 6 nitrogen and oxygen atoms in total. The van der Waals surface area contributed by atoms with Crippen LogP contribution in [0.1, 0.15) is 0 Å². The maximum Gasteiger partial charge on any atom is 0.267 e. The molecular weight excluding hydrogens is 299 g/mol. The highest BCUT2D eigenvalue weighted by atomic mass is 35.5. The van der Waals surface area contributed by atoms with Gasteiger partial charge in [-0.2, -0.15) is 0 Å². The summed E-state index contributed by atoms with van der Waals surface area (Å²) in [4.78, 5) is 11.0. The predicted octanol–water partition coefficient (Wildman–Crippen LogP) is 1.98. The smallest absolute Gasteiger partial charge is 0.263 e. The van der Waals surface area contributed by atoms with Gasteiger partial charge in [-0.3, -0.25) is 4.98 Å². The molecule has 0 fully saturated rings. The summed E-state index contributed by atoms with van der Waals surface area (Å²) in [5.41, 5.74) is 0. The molecule has 0 unspecified atom stereocenters. The number of pyridine rings is 1. The van der Waals surface area contributed by atoms with Crippen LogP contribution in [0.2, 0.25) is 10.2 Å². The number of nitrogens with zero attached hydrogens (tertiary/aromatic N) is 3. The van der Waals surface area contributed by atoms with E-state index in [1.807, 2.05) is 0 Å². The first-order valence-electron chi connectivity index (χ1n) is 4.60. The standard InChI is InChI=1S/C9H6Cl2N4O2S/c10-6-1-3-12-5-7(6)18(16,17)15-9-13-4-2-8(11)14-9/h1-5H,(H,13,14,15). The van der Waals surface area contributed by atoms with E-state index >= 15 is 0 Å². The first-order chi connectivity index (χ1) is 8.49. The summed E-state index contributed by atoms with van der Waals surface area (Å²) >= 11 is 11.4. The first-order valence-corrected chi connectivity index (χ1v) is 6.84. The zero-order chi connectivity index (χ0) is 13.2. The molecule has 0 amide bonds. The molecule has 0 aromatic carbocycles. The van der Waals surface area contributed by atoms with E-state index in [1.54, 1.807) is 0 Å². The van der Waals surface area contributed by atoms with Gasteiger partial charge in [0.15, 0.2) is 0 Å². The molecule has 2 aromatic heterocycles. The minimum atomic E-state index is -3.89. The number of nitrogens with one attached hydrogen (secondary N) is 1. The lowest BCUT2D eigenvalue weighted by molar-refractivity contribution is 0.600. The van der Waals surface area contributed by atoms with Gasteiger partial charge in [-0.25, -0.2) is 23.1 Å². The second-order valence-electron chi connectivity index (χ2n) is 3.11. The Kier molecular flexibility index (Phi) is 3.65. The molecule has 0 aliphatic rings. The summed E-state index contributed by atoms with van der Waals surface area (Å²) in [5.74, 6) is -0.137. The van der Waals surface area contributed by atoms with Crippen LogP contribution in [0.5, 0.6) is 0 Å². The molecule has 0 aliphatic carbocycles. The topological polar surface area (TPSA) is 84.8 Å². The molecule has 0 aliphatic heterocycles. The van der Waals surface area contributed by atoms with Crippen molar-refractivity contribution in [3.05, 3.63) is 40.9 Å². The van der Waals surface area contributed by atoms with Crippen LogP contribution in [0.25, 0.3) is 0 Å². The largest absolute Gasteiger partial charge is 0.267 e. The number of hydrogen-bond donors (Lipinski definition) is 1. The van der Waals surface area contributed by atoms with Crippen molar-refractivity contribution in [1.29, 1.82) is 0 Å². The van der Waals surface area contributed by atoms with Gasteiger partial charge in [0.05, 0.1) is 5.02 Å². The quantitative estimate of drug-likeness (QED) is 0.876. The Labute approximate surface area is 113 Å². The van der Waals surface area contributed by atoms with E-state index in [2.05, 4.69) is 19.7 Å². The Morgan fingerprint density at radius 1 is 1.17 bits per heavy atom. The average molecular weight is 305 g/mol. The van der Waals surface area contributed by atoms with Crippen molar-refractivity contribution in [1.82, 2.24) is 15.0 Å². The molecule has 0 atom stereocenters. The zero-order valence-corrected chi connectivity index (χ0v) is 11.0. The molecule has 1 N–H and O–H groups in total. The van der Waals surface area contributed by atoms with Gasteiger partial charge in [0.25, 0.3) is 10.0 Å². The number of rotatable bonds is 3. The molecule has 0 spiro atoms. The van der Waals surface area contributed by atoms with Crippen LogP contribution in [0.3, 0.4) is 0 Å². The molecule has 0 radical (unpaired) electrons. The second kappa shape index (κ2) is 5.05. The van der Waals surface area contributed by atoms with Gasteiger partial charge >= 0.3 is 0 Å². The van der Waals surface area contributed by atoms with E-state index in [-0.39, 0.29) is 21.0 Å². The molecule has 0 bridgehead atoms. The third kappa shape index (κ3) is 2.87. The maximum absolute atomic E-state index is 12.0. The Hall–Kier alpha value is -1.44. The van der Waals surface area contributed by atoms with E-state index < -0.39 is 10.0 Å². The predicted molar refractivity (Wildman–Crippen MR) is 67.1 cm³/mol. The van der Waals surface area contributed by atoms with Gasteiger partial charge in [-0.15, -0.1) is 0 Å². The van der Waals surface area contributed by atoms with Crippen LogP contribution in [0, 0.1) is 0 Å². The Balaban J connectivity index is 2.37. The number of aromatic nitrogens is 3. The van der Waals surface area contributed by atoms with Crippen molar-refractivity contribution < 1.29 is 8.42 Å². The minimum Gasteiger partial charge on any atom is -0.263 e. The highest BCUT2D eigenvalue weighted by molar-refractivity contribution is 7.92. The maximum atomic E-state index is 12.0. The number of hydrogen-bond acceptors (Lipinski definition) is 5. The van der Waals surface area contributed by atoms with Crippen molar-refractivity contribution >= 4 is 39.2 Å². The summed E-state index contributed by atoms with van der Waals surface area (Å²) in [6, 6.07) is 2.80. The van der Waals surface area contributed by atoms with Crippen LogP contribution in [0.15, 0.2) is 35.6 Å². The minimum absolute atomic E-state index is 0.0551. The first kappa shape index (κ1) is 13.0. The monoisotopic (exact) mass is 304 g/mol. The second-order valence-corrected chi connectivity index (χ2v) is 5.56. The Morgan fingerprint density at radius 2 is 1.94 bits per heavy atom. The van der Waals surface area contributed by atoms with Gasteiger partial charge in [-0.05, 0) is 12.1 Å². The number of sulfonamides is 1. The van der Waals surface area contributed by atoms with E-state index in [9.17, 15) is 8.42 Å². The molecule has 18 heavy (non-hydrogen) atoms. The van der Waals surface area contributed by atoms with Crippen molar-refractivity contribution in [2.24, 2.45) is 0 Å². The lowest BCUT2D eigenvalue weighted by Gasteiger charge is -2.07. The summed E-state index contributed by atoms with van der Waals surface area (Å²) < 4.78 is 26.1. The van der Waals surface area contributed by atoms with Gasteiger partial charge in [0.2, 0.25) is 5.95 Å². The van der Waals surface area contributed by atoms with Gasteiger partial charge < -0.3 is 0 Å². The zero-order valence-electron chi connectivity index (χ0n) is 8.71. The SMILES string of the molecule is O=S(=O)(Nc1nccc(Cl)n1)c1cnccc1Cl. The van der Waals surface area contributed by atoms with Gasteiger partial charge in [-0.1, -0.05) is 23.2 Å². The molecule has 2 rings (SSSR count). The third-order valence-corrected chi connectivity index (χ3v) is 3.88. The molecule has 2 heterocycles. The van der Waals surface area contributed by atoms with Crippen molar-refractivity contribution in [2.45, 2.75) is 4.90 Å². The lowest BCUT2D eigenvalue weighted by atomic mass is 10.5. The van der Waals surface area contributed by atoms with Crippen LogP contribution in [0.4, 0.5) is 5.95 Å². The normalized spacial score (nSPS) is 11.2. The molecule has 0 saturated carbocycles. The van der Waals surface area contributed by atoms with Crippen LogP contribution in [-0.4, -0.2) is 23.4 Å². The fourth-order valence-corrected chi connectivity index (χ4v) is 2.64. The fraction of sp³-hybridized carbons (Fsp3) is 0. The molecule has 9 heteroatoms. The number of halogens is 2. The fourth-order valence-electron chi connectivity index (χ4n) is 1.12. The van der Waals surface area contributed by atoms with Crippen molar-refractivity contribution in [2.75, 3.05) is 4.72 Å². The third-order valence-electron chi connectivity index (χ3n) is 1.87. The van der Waals surface area contributed by atoms with Crippen LogP contribution >= 0.6 is 23.2 Å². The molecule has 94 valence electrons. The highest BCUT2D eigenvalue weighted by Gasteiger charge is 2.19. The van der Waals surface area contributed by atoms with E-state index in [4.69, 9.17) is 23.2 Å². The Morgan fingerprint density at radius 3 is 2.61 bits per heavy atom. The molecule has 0 saturated heterocycles. The van der Waals surface area contributed by atoms with Gasteiger partial charge in [0, 0.05) is 18.6 Å². The van der Waals surface area contributed by atoms with Gasteiger partial charge in [0.1, 0.15) is 10.0 Å². The average Bonchev–Trinajstić information content (AvgIpc) is 2.28. The van der Waals surface area contributed by atoms with Crippen LogP contribution in [-0.2, 0) is 10.0 Å². The molecule has 2 aromatic rings. The summed E-state index contributed by atoms with van der Waals surface area (Å²) in [5, 5.41) is 0.180. The van der Waals surface area contributed by atoms with E-state index in [0.717, 1.165) is 6.20 Å². The summed E-state index contributed by atoms with van der Waals surface area (Å²) in [7, 11) is -3.89. The van der Waals surface area contributed by atoms with Crippen molar-refractivity contribution in [3.8, 4) is 0 Å². The highest BCUT2D eigenvalue weighted by Crippen LogP contribution is 2.21. The number of anilines is 1. The van der Waals surface area contributed by atoms with E-state index in [0.29, 0.717) is 0 Å². The van der Waals surface area contributed by atoms with Crippen molar-refractivity contribution in [3.63, 3.8) is 0 Å². The summed E-state index contributed by atoms with van der Waals surface area (Å²) in [6.07, 6.45) is 3.85. The Bertz CT molecular complexity index is 678. The van der Waals surface area contributed by atoms with E-state index in [1.165, 1.54) is 24.5 Å². The summed E-state index contributed by atoms with van der Waals surface area (Å²) in [6.45, 7) is 0. The lowest BCUT2D eigenvalue weighted by Crippen LogP contribution is -2.15.